The number of carbonyl (C=O) groups excluding carboxylic acids is 1. The highest BCUT2D eigenvalue weighted by atomic mass is 16.2. The minimum atomic E-state index is 0.0395. The van der Waals surface area contributed by atoms with Crippen molar-refractivity contribution in [2.45, 2.75) is 0 Å². The van der Waals surface area contributed by atoms with Crippen molar-refractivity contribution >= 4 is 12.0 Å². The third kappa shape index (κ3) is 4.02. The number of hydrogen-bond donors (Lipinski definition) is 0. The summed E-state index contributed by atoms with van der Waals surface area (Å²) in [5, 5.41) is 4.74. The van der Waals surface area contributed by atoms with E-state index in [1.165, 1.54) is 0 Å². The van der Waals surface area contributed by atoms with Crippen molar-refractivity contribution in [3.63, 3.8) is 0 Å². The van der Waals surface area contributed by atoms with Crippen molar-refractivity contribution < 1.29 is 4.79 Å². The second kappa shape index (κ2) is 8.19. The Morgan fingerprint density at radius 2 is 1.82 bits per heavy atom. The Morgan fingerprint density at radius 1 is 1.04 bits per heavy atom. The van der Waals surface area contributed by atoms with Crippen molar-refractivity contribution in [2.75, 3.05) is 33.2 Å². The first-order valence-corrected chi connectivity index (χ1v) is 9.42. The zero-order valence-electron chi connectivity index (χ0n) is 15.9. The predicted octanol–water partition coefficient (Wildman–Crippen LogP) is 2.72. The average Bonchev–Trinajstić information content (AvgIpc) is 3.18. The zero-order valence-corrected chi connectivity index (χ0v) is 15.9. The fraction of sp³-hybridized carbons (Fsp3) is 0.227. The van der Waals surface area contributed by atoms with Crippen LogP contribution in [0.15, 0.2) is 67.1 Å². The van der Waals surface area contributed by atoms with Crippen LogP contribution in [0.1, 0.15) is 5.56 Å². The molecular weight excluding hydrogens is 350 g/mol. The Bertz CT molecular complexity index is 957. The maximum absolute atomic E-state index is 12.6. The van der Waals surface area contributed by atoms with E-state index in [9.17, 15) is 4.79 Å². The first kappa shape index (κ1) is 18.1. The summed E-state index contributed by atoms with van der Waals surface area (Å²) >= 11 is 0. The third-order valence-corrected chi connectivity index (χ3v) is 4.92. The van der Waals surface area contributed by atoms with Gasteiger partial charge < -0.3 is 9.80 Å². The van der Waals surface area contributed by atoms with Gasteiger partial charge in [-0.2, -0.15) is 5.10 Å². The Balaban J connectivity index is 1.63. The fourth-order valence-corrected chi connectivity index (χ4v) is 3.24. The van der Waals surface area contributed by atoms with Gasteiger partial charge in [0.25, 0.3) is 0 Å². The minimum absolute atomic E-state index is 0.0395. The highest BCUT2D eigenvalue weighted by Crippen LogP contribution is 2.24. The molecule has 1 saturated heterocycles. The molecule has 1 fully saturated rings. The number of pyridine rings is 1. The van der Waals surface area contributed by atoms with Crippen LogP contribution in [0.2, 0.25) is 0 Å². The van der Waals surface area contributed by atoms with Gasteiger partial charge in [0.15, 0.2) is 0 Å². The lowest BCUT2D eigenvalue weighted by Gasteiger charge is -2.31. The van der Waals surface area contributed by atoms with E-state index >= 15 is 0 Å². The van der Waals surface area contributed by atoms with E-state index in [1.807, 2.05) is 64.3 Å². The van der Waals surface area contributed by atoms with Gasteiger partial charge in [-0.15, -0.1) is 0 Å². The van der Waals surface area contributed by atoms with Crippen LogP contribution in [0.5, 0.6) is 0 Å². The van der Waals surface area contributed by atoms with Crippen LogP contribution in [0.25, 0.3) is 23.0 Å². The molecule has 3 heterocycles. The van der Waals surface area contributed by atoms with E-state index in [-0.39, 0.29) is 5.91 Å². The Labute approximate surface area is 164 Å². The number of likely N-dealkylation sites (N-methyl/N-ethyl adjacent to an activating group) is 1. The maximum atomic E-state index is 12.6. The molecule has 1 aliphatic heterocycles. The van der Waals surface area contributed by atoms with Crippen molar-refractivity contribution in [3.05, 3.63) is 72.7 Å². The summed E-state index contributed by atoms with van der Waals surface area (Å²) in [4.78, 5) is 20.9. The molecule has 6 nitrogen and oxygen atoms in total. The molecule has 0 unspecified atom stereocenters. The molecule has 2 aromatic heterocycles. The van der Waals surface area contributed by atoms with Crippen LogP contribution in [0.4, 0.5) is 0 Å². The number of benzene rings is 1. The molecule has 0 saturated carbocycles. The topological polar surface area (TPSA) is 54.3 Å². The van der Waals surface area contributed by atoms with E-state index in [2.05, 4.69) is 16.9 Å². The van der Waals surface area contributed by atoms with Crippen LogP contribution in [-0.4, -0.2) is 63.7 Å². The van der Waals surface area contributed by atoms with Crippen molar-refractivity contribution in [1.82, 2.24) is 24.6 Å². The van der Waals surface area contributed by atoms with Crippen LogP contribution < -0.4 is 0 Å². The molecule has 0 spiro atoms. The van der Waals surface area contributed by atoms with Gasteiger partial charge in [0.05, 0.1) is 5.69 Å². The first-order valence-electron chi connectivity index (χ1n) is 9.42. The molecule has 0 N–H and O–H groups in total. The quantitative estimate of drug-likeness (QED) is 0.660. The van der Waals surface area contributed by atoms with Gasteiger partial charge in [-0.1, -0.05) is 18.2 Å². The van der Waals surface area contributed by atoms with Crippen molar-refractivity contribution in [1.29, 1.82) is 0 Å². The van der Waals surface area contributed by atoms with E-state index < -0.39 is 0 Å². The Kier molecular flexibility index (Phi) is 5.30. The normalized spacial score (nSPS) is 15.2. The Hall–Kier alpha value is -3.25. The van der Waals surface area contributed by atoms with Gasteiger partial charge in [0, 0.05) is 62.0 Å². The summed E-state index contributed by atoms with van der Waals surface area (Å²) in [7, 11) is 2.08. The average molecular weight is 373 g/mol. The molecule has 0 aliphatic carbocycles. The highest BCUT2D eigenvalue weighted by Gasteiger charge is 2.17. The maximum Gasteiger partial charge on any atom is 0.246 e. The Morgan fingerprint density at radius 3 is 2.54 bits per heavy atom. The van der Waals surface area contributed by atoms with Gasteiger partial charge in [-0.3, -0.25) is 9.78 Å². The van der Waals surface area contributed by atoms with E-state index in [0.29, 0.717) is 0 Å². The summed E-state index contributed by atoms with van der Waals surface area (Å²) < 4.78 is 1.84. The van der Waals surface area contributed by atoms with E-state index in [1.54, 1.807) is 18.5 Å². The SMILES string of the molecule is CN1CCN(C(=O)C=Cc2cn(-c3ccccc3)nc2-c2cccnc2)CC1. The van der Waals surface area contributed by atoms with Gasteiger partial charge in [0.1, 0.15) is 5.69 Å². The molecule has 142 valence electrons. The predicted molar refractivity (Wildman–Crippen MR) is 110 cm³/mol. The number of carbonyl (C=O) groups is 1. The molecule has 1 aromatic carbocycles. The van der Waals surface area contributed by atoms with Gasteiger partial charge in [-0.25, -0.2) is 4.68 Å². The summed E-state index contributed by atoms with van der Waals surface area (Å²) in [6, 6.07) is 13.8. The molecule has 28 heavy (non-hydrogen) atoms. The molecule has 4 rings (SSSR count). The number of aromatic nitrogens is 3. The van der Waals surface area contributed by atoms with E-state index in [4.69, 9.17) is 5.10 Å². The van der Waals surface area contributed by atoms with Gasteiger partial charge >= 0.3 is 0 Å². The number of hydrogen-bond acceptors (Lipinski definition) is 4. The van der Waals surface area contributed by atoms with Crippen molar-refractivity contribution in [3.8, 4) is 16.9 Å². The lowest BCUT2D eigenvalue weighted by atomic mass is 10.1. The highest BCUT2D eigenvalue weighted by molar-refractivity contribution is 5.93. The number of rotatable bonds is 4. The molecule has 1 aliphatic rings. The zero-order chi connectivity index (χ0) is 19.3. The van der Waals surface area contributed by atoms with Crippen LogP contribution in [0, 0.1) is 0 Å². The number of amides is 1. The molecule has 0 atom stereocenters. The lowest BCUT2D eigenvalue weighted by Crippen LogP contribution is -2.46. The number of piperazine rings is 1. The van der Waals surface area contributed by atoms with Crippen LogP contribution >= 0.6 is 0 Å². The van der Waals surface area contributed by atoms with Crippen LogP contribution in [0.3, 0.4) is 0 Å². The van der Waals surface area contributed by atoms with Crippen molar-refractivity contribution in [2.24, 2.45) is 0 Å². The van der Waals surface area contributed by atoms with E-state index in [0.717, 1.165) is 48.7 Å². The number of nitrogens with zero attached hydrogens (tertiary/aromatic N) is 5. The minimum Gasteiger partial charge on any atom is -0.337 e. The largest absolute Gasteiger partial charge is 0.337 e. The summed E-state index contributed by atoms with van der Waals surface area (Å²) in [5.74, 6) is 0.0395. The second-order valence-corrected chi connectivity index (χ2v) is 6.92. The first-order chi connectivity index (χ1) is 13.7. The summed E-state index contributed by atoms with van der Waals surface area (Å²) in [6.07, 6.45) is 8.99. The second-order valence-electron chi connectivity index (χ2n) is 6.92. The monoisotopic (exact) mass is 373 g/mol. The third-order valence-electron chi connectivity index (χ3n) is 4.92. The molecule has 0 radical (unpaired) electrons. The molecule has 1 amide bonds. The smallest absolute Gasteiger partial charge is 0.246 e. The summed E-state index contributed by atoms with van der Waals surface area (Å²) in [6.45, 7) is 3.34. The van der Waals surface area contributed by atoms with Gasteiger partial charge in [0.2, 0.25) is 5.91 Å². The lowest BCUT2D eigenvalue weighted by molar-refractivity contribution is -0.127. The molecule has 3 aromatic rings. The molecular formula is C22H23N5O. The summed E-state index contributed by atoms with van der Waals surface area (Å²) in [5.41, 5.74) is 3.58. The fourth-order valence-electron chi connectivity index (χ4n) is 3.24. The van der Waals surface area contributed by atoms with Crippen LogP contribution in [-0.2, 0) is 4.79 Å². The molecule has 6 heteroatoms. The number of para-hydroxylation sites is 1. The molecule has 0 bridgehead atoms. The standard InChI is InChI=1S/C22H23N5O/c1-25-12-14-26(15-13-25)21(28)10-9-19-17-27(20-7-3-2-4-8-20)24-22(19)18-6-5-11-23-16-18/h2-11,16-17H,12-15H2,1H3. The van der Waals surface area contributed by atoms with Gasteiger partial charge in [-0.05, 0) is 37.4 Å².